The zero-order chi connectivity index (χ0) is 29.2. The third kappa shape index (κ3) is 5.72. The van der Waals surface area contributed by atoms with E-state index in [9.17, 15) is 13.2 Å². The number of para-hydroxylation sites is 1. The molecule has 1 saturated heterocycles. The van der Waals surface area contributed by atoms with Crippen LogP contribution in [0.3, 0.4) is 0 Å². The second-order valence-electron chi connectivity index (χ2n) is 9.86. The second kappa shape index (κ2) is 11.8. The summed E-state index contributed by atoms with van der Waals surface area (Å²) in [7, 11) is 0.509. The molecule has 3 aromatic rings. The van der Waals surface area contributed by atoms with Crippen LogP contribution in [0.25, 0.3) is 5.69 Å². The first-order valence-corrected chi connectivity index (χ1v) is 14.4. The highest BCUT2D eigenvalue weighted by Gasteiger charge is 2.38. The molecule has 2 unspecified atom stereocenters. The van der Waals surface area contributed by atoms with Crippen molar-refractivity contribution in [2.24, 2.45) is 0 Å². The van der Waals surface area contributed by atoms with Gasteiger partial charge >= 0.3 is 0 Å². The van der Waals surface area contributed by atoms with E-state index in [1.54, 1.807) is 42.5 Å². The van der Waals surface area contributed by atoms with Gasteiger partial charge in [-0.3, -0.25) is 14.1 Å². The van der Waals surface area contributed by atoms with Gasteiger partial charge in [-0.05, 0) is 51.8 Å². The number of anilines is 1. The van der Waals surface area contributed by atoms with Crippen molar-refractivity contribution in [2.75, 3.05) is 26.0 Å². The minimum atomic E-state index is -4.16. The maximum absolute atomic E-state index is 13.8. The lowest BCUT2D eigenvalue weighted by atomic mass is 10.2. The summed E-state index contributed by atoms with van der Waals surface area (Å²) >= 11 is 0. The van der Waals surface area contributed by atoms with Crippen molar-refractivity contribution in [3.63, 3.8) is 0 Å². The van der Waals surface area contributed by atoms with E-state index in [-0.39, 0.29) is 23.8 Å². The first-order valence-electron chi connectivity index (χ1n) is 12.9. The Morgan fingerprint density at radius 1 is 1.05 bits per heavy atom. The van der Waals surface area contributed by atoms with Gasteiger partial charge in [0.1, 0.15) is 28.5 Å². The Morgan fingerprint density at radius 2 is 1.68 bits per heavy atom. The Balaban J connectivity index is 1.82. The number of amides is 1. The molecule has 4 rings (SSSR count). The fourth-order valence-corrected chi connectivity index (χ4v) is 5.65. The third-order valence-electron chi connectivity index (χ3n) is 6.73. The molecule has 0 radical (unpaired) electrons. The smallest absolute Gasteiger partial charge is 0.243 e. The summed E-state index contributed by atoms with van der Waals surface area (Å²) < 4.78 is 49.0. The van der Waals surface area contributed by atoms with Crippen LogP contribution in [0.5, 0.6) is 11.5 Å². The zero-order valence-electron chi connectivity index (χ0n) is 23.7. The van der Waals surface area contributed by atoms with Crippen LogP contribution in [0.15, 0.2) is 30.6 Å². The number of methoxy groups -OCH3 is 2. The number of rotatable bonds is 11. The largest absolute Gasteiger partial charge is 0.494 e. The van der Waals surface area contributed by atoms with Gasteiger partial charge in [0.2, 0.25) is 21.9 Å². The van der Waals surface area contributed by atoms with Gasteiger partial charge in [0.15, 0.2) is 11.6 Å². The monoisotopic (exact) mass is 573 g/mol. The van der Waals surface area contributed by atoms with Gasteiger partial charge in [-0.25, -0.2) is 18.4 Å². The first kappa shape index (κ1) is 29.2. The van der Waals surface area contributed by atoms with Crippen LogP contribution < -0.4 is 14.2 Å². The minimum absolute atomic E-state index is 0.0472. The average molecular weight is 574 g/mol. The summed E-state index contributed by atoms with van der Waals surface area (Å²) in [5.74, 6) is 1.26. The number of benzene rings is 1. The number of hydrogen-bond acceptors (Lipinski definition) is 10. The molecule has 0 aliphatic carbocycles. The van der Waals surface area contributed by atoms with Gasteiger partial charge in [-0.2, -0.15) is 0 Å². The number of hydrogen-bond donors (Lipinski definition) is 1. The van der Waals surface area contributed by atoms with Gasteiger partial charge in [-0.15, -0.1) is 10.2 Å². The molecule has 1 aliphatic rings. The topological polar surface area (TPSA) is 151 Å². The molecule has 0 bridgehead atoms. The molecule has 2 aromatic heterocycles. The summed E-state index contributed by atoms with van der Waals surface area (Å²) in [4.78, 5) is 22.6. The molecule has 1 aromatic carbocycles. The fourth-order valence-electron chi connectivity index (χ4n) is 4.56. The number of likely N-dealkylation sites (tertiary alicyclic amines) is 1. The molecule has 13 nitrogen and oxygen atoms in total. The molecular weight excluding hydrogens is 538 g/mol. The molecule has 0 spiro atoms. The van der Waals surface area contributed by atoms with E-state index < -0.39 is 27.4 Å². The van der Waals surface area contributed by atoms with Crippen molar-refractivity contribution in [2.45, 2.75) is 64.0 Å². The molecule has 0 saturated carbocycles. The predicted molar refractivity (Wildman–Crippen MR) is 147 cm³/mol. The van der Waals surface area contributed by atoms with Crippen molar-refractivity contribution in [3.8, 4) is 17.2 Å². The number of aryl methyl sites for hydroxylation is 1. The lowest BCUT2D eigenvalue weighted by molar-refractivity contribution is -0.127. The van der Waals surface area contributed by atoms with E-state index >= 15 is 0 Å². The molecule has 3 atom stereocenters. The first-order chi connectivity index (χ1) is 19.0. The van der Waals surface area contributed by atoms with Crippen molar-refractivity contribution in [3.05, 3.63) is 47.8 Å². The van der Waals surface area contributed by atoms with E-state index in [4.69, 9.17) is 14.2 Å². The van der Waals surface area contributed by atoms with Crippen LogP contribution in [-0.2, 0) is 19.6 Å². The predicted octanol–water partition coefficient (Wildman–Crippen LogP) is 2.97. The maximum atomic E-state index is 13.8. The Kier molecular flexibility index (Phi) is 8.59. The quantitative estimate of drug-likeness (QED) is 0.362. The Hall–Kier alpha value is -3.78. The third-order valence-corrected chi connectivity index (χ3v) is 8.42. The van der Waals surface area contributed by atoms with Gasteiger partial charge in [0, 0.05) is 25.9 Å². The summed E-state index contributed by atoms with van der Waals surface area (Å²) in [5.41, 5.74) is 1.23. The Morgan fingerprint density at radius 3 is 2.20 bits per heavy atom. The van der Waals surface area contributed by atoms with Crippen molar-refractivity contribution < 1.29 is 27.4 Å². The highest BCUT2D eigenvalue weighted by atomic mass is 32.2. The number of ether oxygens (including phenoxy) is 3. The van der Waals surface area contributed by atoms with E-state index in [1.165, 1.54) is 25.7 Å². The van der Waals surface area contributed by atoms with Gasteiger partial charge < -0.3 is 19.1 Å². The van der Waals surface area contributed by atoms with E-state index in [0.717, 1.165) is 5.56 Å². The van der Waals surface area contributed by atoms with Crippen molar-refractivity contribution in [1.82, 2.24) is 29.6 Å². The molecule has 1 amide bonds. The number of carbonyl (C=O) groups is 1. The number of nitrogens with zero attached hydrogens (tertiary/aromatic N) is 6. The summed E-state index contributed by atoms with van der Waals surface area (Å²) in [6, 6.07) is 4.74. The number of nitrogens with one attached hydrogen (secondary N) is 1. The van der Waals surface area contributed by atoms with E-state index in [2.05, 4.69) is 24.9 Å². The van der Waals surface area contributed by atoms with E-state index in [1.807, 2.05) is 20.8 Å². The van der Waals surface area contributed by atoms with Crippen LogP contribution >= 0.6 is 0 Å². The van der Waals surface area contributed by atoms with Crippen LogP contribution in [0.2, 0.25) is 0 Å². The normalized spacial score (nSPS) is 17.2. The molecule has 216 valence electrons. The molecule has 3 heterocycles. The fraction of sp³-hybridized carbons (Fsp3) is 0.500. The highest BCUT2D eigenvalue weighted by Crippen LogP contribution is 2.40. The lowest BCUT2D eigenvalue weighted by Crippen LogP contribution is -2.35. The van der Waals surface area contributed by atoms with E-state index in [0.29, 0.717) is 35.9 Å². The van der Waals surface area contributed by atoms with Crippen LogP contribution in [-0.4, -0.2) is 76.6 Å². The van der Waals surface area contributed by atoms with Gasteiger partial charge in [-0.1, -0.05) is 6.07 Å². The summed E-state index contributed by atoms with van der Waals surface area (Å²) in [6.07, 6.45) is 2.79. The van der Waals surface area contributed by atoms with Gasteiger partial charge in [0.05, 0.1) is 26.4 Å². The van der Waals surface area contributed by atoms with Crippen LogP contribution in [0.4, 0.5) is 5.95 Å². The molecular formula is C26H35N7O6S. The maximum Gasteiger partial charge on any atom is 0.243 e. The second-order valence-corrected chi connectivity index (χ2v) is 11.9. The number of sulfonamides is 1. The zero-order valence-corrected chi connectivity index (χ0v) is 24.5. The van der Waals surface area contributed by atoms with Gasteiger partial charge in [0.25, 0.3) is 0 Å². The molecule has 1 fully saturated rings. The Labute approximate surface area is 233 Å². The molecule has 14 heteroatoms. The molecule has 1 aliphatic heterocycles. The summed E-state index contributed by atoms with van der Waals surface area (Å²) in [6.45, 7) is 6.98. The Bertz CT molecular complexity index is 1440. The molecule has 40 heavy (non-hydrogen) atoms. The SMILES string of the molecule is COc1cccc(OC)c1-n1c(NS(=O)(=O)C(C)C(OC(C)C)c2ncc(C)cn2)nnc1[C@@H]1CCC(=O)N1C. The highest BCUT2D eigenvalue weighted by molar-refractivity contribution is 7.93. The summed E-state index contributed by atoms with van der Waals surface area (Å²) in [5, 5.41) is 7.44. The lowest BCUT2D eigenvalue weighted by Gasteiger charge is -2.26. The standard InChI is InChI=1S/C26H35N7O6S/c1-15(2)39-23(24-27-13-16(3)14-28-24)17(4)40(35,36)31-26-30-29-25(18-11-12-21(34)32(18)5)33(26)22-19(37-6)9-8-10-20(22)38-7/h8-10,13-15,17-18,23H,11-12H2,1-7H3,(H,30,31)/t17?,18-,23?/m0/s1. The van der Waals surface area contributed by atoms with Crippen LogP contribution in [0.1, 0.15) is 63.0 Å². The van der Waals surface area contributed by atoms with Crippen molar-refractivity contribution >= 4 is 21.9 Å². The van der Waals surface area contributed by atoms with Crippen molar-refractivity contribution in [1.29, 1.82) is 0 Å². The molecule has 1 N–H and O–H groups in total. The minimum Gasteiger partial charge on any atom is -0.494 e. The number of carbonyl (C=O) groups excluding carboxylic acids is 1. The number of aromatic nitrogens is 5. The van der Waals surface area contributed by atoms with Crippen LogP contribution in [0, 0.1) is 6.92 Å². The average Bonchev–Trinajstić information content (AvgIpc) is 3.47.